The number of pyridine rings is 1. The van der Waals surface area contributed by atoms with Crippen molar-refractivity contribution in [1.82, 2.24) is 14.7 Å². The summed E-state index contributed by atoms with van der Waals surface area (Å²) in [7, 11) is 0. The molecule has 0 aliphatic carbocycles. The minimum Gasteiger partial charge on any atom is -0.347 e. The van der Waals surface area contributed by atoms with Gasteiger partial charge in [0, 0.05) is 24.0 Å². The molecule has 27 heavy (non-hydrogen) atoms. The van der Waals surface area contributed by atoms with Gasteiger partial charge in [0.1, 0.15) is 0 Å². The van der Waals surface area contributed by atoms with Gasteiger partial charge in [-0.05, 0) is 31.2 Å². The first-order valence-electron chi connectivity index (χ1n) is 8.30. The fourth-order valence-corrected chi connectivity index (χ4v) is 2.62. The van der Waals surface area contributed by atoms with Gasteiger partial charge >= 0.3 is 0 Å². The molecule has 0 fully saturated rings. The van der Waals surface area contributed by atoms with Crippen molar-refractivity contribution < 1.29 is 14.4 Å². The molecule has 2 aromatic heterocycles. The Morgan fingerprint density at radius 1 is 1.15 bits per heavy atom. The summed E-state index contributed by atoms with van der Waals surface area (Å²) in [5.74, 6) is -0.906. The third kappa shape index (κ3) is 3.77. The number of ketones is 1. The molecule has 0 radical (unpaired) electrons. The van der Waals surface area contributed by atoms with Crippen molar-refractivity contribution >= 4 is 28.8 Å². The highest BCUT2D eigenvalue weighted by atomic mass is 16.2. The van der Waals surface area contributed by atoms with Crippen LogP contribution in [0.25, 0.3) is 5.52 Å². The van der Waals surface area contributed by atoms with E-state index in [0.717, 1.165) is 0 Å². The lowest BCUT2D eigenvalue weighted by Gasteiger charge is -2.05. The summed E-state index contributed by atoms with van der Waals surface area (Å²) in [4.78, 5) is 40.8. The van der Waals surface area contributed by atoms with Crippen molar-refractivity contribution in [3.63, 3.8) is 0 Å². The number of aromatic nitrogens is 2. The second-order valence-electron chi connectivity index (χ2n) is 5.83. The van der Waals surface area contributed by atoms with Crippen LogP contribution in [-0.4, -0.2) is 33.5 Å². The lowest BCUT2D eigenvalue weighted by atomic mass is 10.1. The molecular weight excluding hydrogens is 344 g/mol. The first kappa shape index (κ1) is 18.1. The molecule has 7 nitrogen and oxygen atoms in total. The largest absolute Gasteiger partial charge is 0.347 e. The van der Waals surface area contributed by atoms with Gasteiger partial charge in [-0.2, -0.15) is 0 Å². The Labute approximate surface area is 155 Å². The molecule has 0 unspecified atom stereocenters. The van der Waals surface area contributed by atoms with Crippen molar-refractivity contribution in [3.8, 4) is 0 Å². The molecule has 136 valence electrons. The quantitative estimate of drug-likeness (QED) is 0.521. The number of nitrogens with one attached hydrogen (secondary N) is 2. The van der Waals surface area contributed by atoms with E-state index in [2.05, 4.69) is 22.2 Å². The summed E-state index contributed by atoms with van der Waals surface area (Å²) in [6.07, 6.45) is 3.22. The third-order valence-electron chi connectivity index (χ3n) is 3.90. The second kappa shape index (κ2) is 7.65. The molecule has 3 aromatic rings. The fourth-order valence-electron chi connectivity index (χ4n) is 2.62. The summed E-state index contributed by atoms with van der Waals surface area (Å²) in [6, 6.07) is 11.8. The number of imidazole rings is 1. The van der Waals surface area contributed by atoms with Gasteiger partial charge in [0.05, 0.1) is 5.52 Å². The fraction of sp³-hybridized carbons (Fsp3) is 0.100. The van der Waals surface area contributed by atoms with E-state index < -0.39 is 11.8 Å². The van der Waals surface area contributed by atoms with Gasteiger partial charge in [0.2, 0.25) is 5.82 Å². The normalized spacial score (nSPS) is 10.4. The van der Waals surface area contributed by atoms with Gasteiger partial charge in [-0.15, -0.1) is 6.58 Å². The number of Topliss-reactive ketones (excluding diaryl/α,β-unsaturated/α-hetero) is 1. The van der Waals surface area contributed by atoms with Crippen LogP contribution in [0.4, 0.5) is 5.69 Å². The topological polar surface area (TPSA) is 92.6 Å². The molecule has 0 saturated heterocycles. The van der Waals surface area contributed by atoms with Crippen molar-refractivity contribution in [3.05, 3.63) is 78.4 Å². The van der Waals surface area contributed by atoms with E-state index in [-0.39, 0.29) is 17.3 Å². The van der Waals surface area contributed by atoms with Gasteiger partial charge < -0.3 is 10.6 Å². The maximum absolute atomic E-state index is 12.7. The number of fused-ring (bicyclic) bond motifs is 1. The lowest BCUT2D eigenvalue weighted by molar-refractivity contribution is 0.0954. The summed E-state index contributed by atoms with van der Waals surface area (Å²) in [6.45, 7) is 5.31. The molecule has 0 atom stereocenters. The molecule has 2 N–H and O–H groups in total. The SMILES string of the molecule is C=CCNC(=O)c1nc(C(=O)Nc2cccc(C(C)=O)c2)n2ccccc12. The molecule has 0 saturated carbocycles. The number of hydrogen-bond donors (Lipinski definition) is 2. The van der Waals surface area contributed by atoms with Crippen LogP contribution >= 0.6 is 0 Å². The van der Waals surface area contributed by atoms with Crippen molar-refractivity contribution in [2.24, 2.45) is 0 Å². The Morgan fingerprint density at radius 2 is 1.96 bits per heavy atom. The number of carbonyl (C=O) groups is 3. The van der Waals surface area contributed by atoms with E-state index >= 15 is 0 Å². The van der Waals surface area contributed by atoms with Crippen LogP contribution < -0.4 is 10.6 Å². The number of benzene rings is 1. The number of nitrogens with zero attached hydrogens (tertiary/aromatic N) is 2. The molecule has 0 aliphatic heterocycles. The predicted octanol–water partition coefficient (Wildman–Crippen LogP) is 2.71. The summed E-state index contributed by atoms with van der Waals surface area (Å²) in [5.41, 5.74) is 1.63. The highest BCUT2D eigenvalue weighted by molar-refractivity contribution is 6.06. The minimum absolute atomic E-state index is 0.0718. The Kier molecular flexibility index (Phi) is 5.12. The van der Waals surface area contributed by atoms with Crippen molar-refractivity contribution in [2.75, 3.05) is 11.9 Å². The maximum atomic E-state index is 12.7. The van der Waals surface area contributed by atoms with Gasteiger partial charge in [-0.25, -0.2) is 4.98 Å². The third-order valence-corrected chi connectivity index (χ3v) is 3.90. The molecule has 0 spiro atoms. The molecule has 1 aromatic carbocycles. The Bertz CT molecular complexity index is 1050. The smallest absolute Gasteiger partial charge is 0.292 e. The number of carbonyl (C=O) groups excluding carboxylic acids is 3. The van der Waals surface area contributed by atoms with E-state index in [9.17, 15) is 14.4 Å². The van der Waals surface area contributed by atoms with Crippen LogP contribution in [0.2, 0.25) is 0 Å². The van der Waals surface area contributed by atoms with Gasteiger partial charge in [0.15, 0.2) is 11.5 Å². The monoisotopic (exact) mass is 362 g/mol. The number of rotatable bonds is 6. The van der Waals surface area contributed by atoms with Gasteiger partial charge in [-0.1, -0.05) is 24.3 Å². The molecule has 2 amide bonds. The zero-order valence-corrected chi connectivity index (χ0v) is 14.7. The Balaban J connectivity index is 1.95. The maximum Gasteiger partial charge on any atom is 0.292 e. The van der Waals surface area contributed by atoms with Gasteiger partial charge in [-0.3, -0.25) is 18.8 Å². The Hall–Kier alpha value is -3.74. The van der Waals surface area contributed by atoms with Crippen molar-refractivity contribution in [1.29, 1.82) is 0 Å². The highest BCUT2D eigenvalue weighted by Crippen LogP contribution is 2.16. The van der Waals surface area contributed by atoms with E-state index in [0.29, 0.717) is 23.3 Å². The average Bonchev–Trinajstić information content (AvgIpc) is 3.06. The average molecular weight is 362 g/mol. The number of amides is 2. The number of anilines is 1. The first-order valence-corrected chi connectivity index (χ1v) is 8.30. The highest BCUT2D eigenvalue weighted by Gasteiger charge is 2.21. The van der Waals surface area contributed by atoms with Crippen LogP contribution in [0.15, 0.2) is 61.3 Å². The van der Waals surface area contributed by atoms with Crippen LogP contribution in [0.5, 0.6) is 0 Å². The van der Waals surface area contributed by atoms with Gasteiger partial charge in [0.25, 0.3) is 11.8 Å². The summed E-state index contributed by atoms with van der Waals surface area (Å²) >= 11 is 0. The Morgan fingerprint density at radius 3 is 2.70 bits per heavy atom. The van der Waals surface area contributed by atoms with E-state index in [1.807, 2.05) is 0 Å². The van der Waals surface area contributed by atoms with Crippen LogP contribution in [0, 0.1) is 0 Å². The van der Waals surface area contributed by atoms with Crippen LogP contribution in [0.1, 0.15) is 38.4 Å². The standard InChI is InChI=1S/C20H18N4O3/c1-3-10-21-19(26)17-16-9-4-5-11-24(16)18(23-17)20(27)22-15-8-6-7-14(12-15)13(2)25/h3-9,11-12H,1,10H2,2H3,(H,21,26)(H,22,27). The minimum atomic E-state index is -0.486. The first-order chi connectivity index (χ1) is 13.0. The van der Waals surface area contributed by atoms with Crippen molar-refractivity contribution in [2.45, 2.75) is 6.92 Å². The summed E-state index contributed by atoms with van der Waals surface area (Å²) in [5, 5.41) is 5.38. The van der Waals surface area contributed by atoms with Crippen LogP contribution in [-0.2, 0) is 0 Å². The predicted molar refractivity (Wildman–Crippen MR) is 102 cm³/mol. The summed E-state index contributed by atoms with van der Waals surface area (Å²) < 4.78 is 1.55. The second-order valence-corrected chi connectivity index (χ2v) is 5.83. The molecule has 3 rings (SSSR count). The molecule has 0 bridgehead atoms. The zero-order valence-electron chi connectivity index (χ0n) is 14.7. The zero-order chi connectivity index (χ0) is 19.4. The van der Waals surface area contributed by atoms with E-state index in [4.69, 9.17) is 0 Å². The van der Waals surface area contributed by atoms with Crippen LogP contribution in [0.3, 0.4) is 0 Å². The molecule has 7 heteroatoms. The molecule has 2 heterocycles. The molecule has 0 aliphatic rings. The lowest BCUT2D eigenvalue weighted by Crippen LogP contribution is -2.24. The molecular formula is C20H18N4O3. The van der Waals surface area contributed by atoms with E-state index in [1.165, 1.54) is 6.92 Å². The van der Waals surface area contributed by atoms with E-state index in [1.54, 1.807) is 59.1 Å². The number of hydrogen-bond acceptors (Lipinski definition) is 4.